The summed E-state index contributed by atoms with van der Waals surface area (Å²) < 4.78 is 0. The van der Waals surface area contributed by atoms with Crippen LogP contribution in [0.25, 0.3) is 0 Å². The molecule has 0 saturated carbocycles. The summed E-state index contributed by atoms with van der Waals surface area (Å²) in [4.78, 5) is 29.1. The summed E-state index contributed by atoms with van der Waals surface area (Å²) in [6, 6.07) is -0.401. The molecule has 19 heavy (non-hydrogen) atoms. The molecule has 0 aromatic heterocycles. The maximum absolute atomic E-state index is 12.0. The lowest BCUT2D eigenvalue weighted by Crippen LogP contribution is -2.46. The normalized spacial score (nSPS) is 28.9. The quantitative estimate of drug-likeness (QED) is 0.795. The van der Waals surface area contributed by atoms with Gasteiger partial charge >= 0.3 is 0 Å². The zero-order valence-electron chi connectivity index (χ0n) is 11.7. The summed E-state index contributed by atoms with van der Waals surface area (Å²) in [6.07, 6.45) is 3.03. The molecular formula is C13H21N3O2S. The van der Waals surface area contributed by atoms with E-state index in [0.29, 0.717) is 12.8 Å². The lowest BCUT2D eigenvalue weighted by Gasteiger charge is -2.27. The van der Waals surface area contributed by atoms with E-state index in [1.165, 1.54) is 11.9 Å². The molecule has 2 heterocycles. The summed E-state index contributed by atoms with van der Waals surface area (Å²) in [6.45, 7) is 4.33. The van der Waals surface area contributed by atoms with Gasteiger partial charge in [0.1, 0.15) is 6.04 Å². The van der Waals surface area contributed by atoms with Crippen molar-refractivity contribution in [1.82, 2.24) is 10.2 Å². The van der Waals surface area contributed by atoms with Gasteiger partial charge in [-0.1, -0.05) is 25.6 Å². The van der Waals surface area contributed by atoms with Gasteiger partial charge in [0.25, 0.3) is 5.91 Å². The molecule has 6 heteroatoms. The predicted octanol–water partition coefficient (Wildman–Crippen LogP) is 1.39. The van der Waals surface area contributed by atoms with Crippen molar-refractivity contribution in [2.75, 3.05) is 12.8 Å². The zero-order chi connectivity index (χ0) is 14.0. The molecular weight excluding hydrogens is 262 g/mol. The Morgan fingerprint density at radius 3 is 2.68 bits per heavy atom. The lowest BCUT2D eigenvalue weighted by molar-refractivity contribution is -0.147. The van der Waals surface area contributed by atoms with Crippen molar-refractivity contribution in [3.05, 3.63) is 0 Å². The van der Waals surface area contributed by atoms with Crippen LogP contribution < -0.4 is 5.32 Å². The number of carbonyl (C=O) groups is 2. The molecule has 0 radical (unpaired) electrons. The van der Waals surface area contributed by atoms with Gasteiger partial charge < -0.3 is 5.32 Å². The highest BCUT2D eigenvalue weighted by atomic mass is 32.2. The molecule has 1 N–H and O–H groups in total. The number of likely N-dealkylation sites (tertiary alicyclic amines) is 1. The smallest absolute Gasteiger partial charge is 0.253 e. The molecule has 0 aliphatic carbocycles. The van der Waals surface area contributed by atoms with E-state index in [9.17, 15) is 9.59 Å². The maximum Gasteiger partial charge on any atom is 0.253 e. The van der Waals surface area contributed by atoms with Gasteiger partial charge in [0.2, 0.25) is 5.91 Å². The molecule has 1 unspecified atom stereocenters. The van der Waals surface area contributed by atoms with Crippen molar-refractivity contribution in [3.63, 3.8) is 0 Å². The van der Waals surface area contributed by atoms with Crippen molar-refractivity contribution < 1.29 is 9.59 Å². The SMILES string of the molecule is CCC1(CC)CSC(=NC2CCC(=O)N(C)C2=O)N1. The molecule has 0 spiro atoms. The fraction of sp³-hybridized carbons (Fsp3) is 0.769. The van der Waals surface area contributed by atoms with Gasteiger partial charge in [-0.25, -0.2) is 4.99 Å². The highest BCUT2D eigenvalue weighted by Gasteiger charge is 2.36. The number of imide groups is 1. The standard InChI is InChI=1S/C13H21N3O2S/c1-4-13(5-2)8-19-12(15-13)14-9-6-7-10(17)16(3)11(9)18/h9H,4-8H2,1-3H3,(H,14,15). The number of nitrogens with one attached hydrogen (secondary N) is 1. The van der Waals surface area contributed by atoms with E-state index in [1.54, 1.807) is 11.8 Å². The van der Waals surface area contributed by atoms with Gasteiger partial charge in [0.05, 0.1) is 0 Å². The number of aliphatic imine (C=N–C) groups is 1. The third kappa shape index (κ3) is 2.78. The molecule has 0 bridgehead atoms. The third-order valence-electron chi connectivity index (χ3n) is 4.11. The third-order valence-corrected chi connectivity index (χ3v) is 5.28. The number of rotatable bonds is 3. The molecule has 0 aromatic rings. The minimum absolute atomic E-state index is 0.107. The van der Waals surface area contributed by atoms with E-state index in [1.807, 2.05) is 0 Å². The second-order valence-corrected chi connectivity index (χ2v) is 6.14. The molecule has 0 aromatic carbocycles. The van der Waals surface area contributed by atoms with Gasteiger partial charge in [-0.3, -0.25) is 14.5 Å². The molecule has 2 rings (SSSR count). The Bertz CT molecular complexity index is 418. The monoisotopic (exact) mass is 283 g/mol. The van der Waals surface area contributed by atoms with Crippen LogP contribution in [-0.4, -0.2) is 46.3 Å². The number of amides is 2. The molecule has 2 aliphatic heterocycles. The van der Waals surface area contributed by atoms with Crippen molar-refractivity contribution in [1.29, 1.82) is 0 Å². The predicted molar refractivity (Wildman–Crippen MR) is 77.1 cm³/mol. The number of nitrogens with zero attached hydrogens (tertiary/aromatic N) is 2. The Hall–Kier alpha value is -1.04. The summed E-state index contributed by atoms with van der Waals surface area (Å²) in [5, 5.41) is 4.31. The number of amidine groups is 1. The molecule has 1 atom stereocenters. The fourth-order valence-corrected chi connectivity index (χ4v) is 3.75. The minimum Gasteiger partial charge on any atom is -0.359 e. The largest absolute Gasteiger partial charge is 0.359 e. The van der Waals surface area contributed by atoms with E-state index >= 15 is 0 Å². The first-order valence-corrected chi connectivity index (χ1v) is 7.79. The van der Waals surface area contributed by atoms with E-state index in [-0.39, 0.29) is 17.4 Å². The van der Waals surface area contributed by atoms with Crippen molar-refractivity contribution in [2.24, 2.45) is 4.99 Å². The van der Waals surface area contributed by atoms with Gasteiger partial charge in [0, 0.05) is 24.8 Å². The van der Waals surface area contributed by atoms with Gasteiger partial charge in [0.15, 0.2) is 5.17 Å². The summed E-state index contributed by atoms with van der Waals surface area (Å²) >= 11 is 1.68. The highest BCUT2D eigenvalue weighted by molar-refractivity contribution is 8.14. The Morgan fingerprint density at radius 1 is 1.42 bits per heavy atom. The zero-order valence-corrected chi connectivity index (χ0v) is 12.5. The van der Waals surface area contributed by atoms with Crippen LogP contribution in [0.3, 0.4) is 0 Å². The Kier molecular flexibility index (Phi) is 4.18. The lowest BCUT2D eigenvalue weighted by atomic mass is 9.96. The summed E-state index contributed by atoms with van der Waals surface area (Å²) in [5.41, 5.74) is 0.114. The number of hydrogen-bond donors (Lipinski definition) is 1. The van der Waals surface area contributed by atoms with Crippen molar-refractivity contribution >= 4 is 28.7 Å². The number of likely N-dealkylation sites (N-methyl/N-ethyl adjacent to an activating group) is 1. The Labute approximate surface area is 118 Å². The Balaban J connectivity index is 2.07. The van der Waals surface area contributed by atoms with Crippen LogP contribution in [0.5, 0.6) is 0 Å². The number of hydrogen-bond acceptors (Lipinski definition) is 4. The number of carbonyl (C=O) groups excluding carboxylic acids is 2. The number of thioether (sulfide) groups is 1. The molecule has 5 nitrogen and oxygen atoms in total. The average Bonchev–Trinajstić information content (AvgIpc) is 2.84. The Morgan fingerprint density at radius 2 is 2.11 bits per heavy atom. The van der Waals surface area contributed by atoms with E-state index in [0.717, 1.165) is 23.8 Å². The van der Waals surface area contributed by atoms with E-state index < -0.39 is 6.04 Å². The van der Waals surface area contributed by atoms with Crippen LogP contribution in [-0.2, 0) is 9.59 Å². The van der Waals surface area contributed by atoms with E-state index in [4.69, 9.17) is 0 Å². The van der Waals surface area contributed by atoms with Crippen molar-refractivity contribution in [3.8, 4) is 0 Å². The van der Waals surface area contributed by atoms with Crippen LogP contribution >= 0.6 is 11.8 Å². The van der Waals surface area contributed by atoms with Crippen LogP contribution in [0.15, 0.2) is 4.99 Å². The molecule has 2 saturated heterocycles. The van der Waals surface area contributed by atoms with Crippen molar-refractivity contribution in [2.45, 2.75) is 51.1 Å². The van der Waals surface area contributed by atoms with Gasteiger partial charge in [-0.2, -0.15) is 0 Å². The molecule has 2 aliphatic rings. The van der Waals surface area contributed by atoms with Crippen LogP contribution in [0.1, 0.15) is 39.5 Å². The summed E-state index contributed by atoms with van der Waals surface area (Å²) in [5.74, 6) is 0.704. The van der Waals surface area contributed by atoms with Crippen LogP contribution in [0, 0.1) is 0 Å². The second-order valence-electron chi connectivity index (χ2n) is 5.18. The van der Waals surface area contributed by atoms with E-state index in [2.05, 4.69) is 24.2 Å². The maximum atomic E-state index is 12.0. The topological polar surface area (TPSA) is 61.8 Å². The minimum atomic E-state index is -0.401. The first-order chi connectivity index (χ1) is 9.01. The fourth-order valence-electron chi connectivity index (χ4n) is 2.37. The van der Waals surface area contributed by atoms with Crippen LogP contribution in [0.2, 0.25) is 0 Å². The van der Waals surface area contributed by atoms with Crippen LogP contribution in [0.4, 0.5) is 0 Å². The first-order valence-electron chi connectivity index (χ1n) is 6.80. The molecule has 2 amide bonds. The van der Waals surface area contributed by atoms with Gasteiger partial charge in [-0.15, -0.1) is 0 Å². The first kappa shape index (κ1) is 14.4. The second kappa shape index (κ2) is 5.53. The number of piperidine rings is 1. The molecule has 106 valence electrons. The average molecular weight is 283 g/mol. The molecule has 2 fully saturated rings. The summed E-state index contributed by atoms with van der Waals surface area (Å²) in [7, 11) is 1.54. The van der Waals surface area contributed by atoms with Gasteiger partial charge in [-0.05, 0) is 19.3 Å². The highest BCUT2D eigenvalue weighted by Crippen LogP contribution is 2.29.